The summed E-state index contributed by atoms with van der Waals surface area (Å²) in [5.74, 6) is -1.14. The van der Waals surface area contributed by atoms with Crippen molar-refractivity contribution in [2.24, 2.45) is 0 Å². The molecule has 2 atom stereocenters. The number of carbonyl (C=O) groups excluding carboxylic acids is 3. The SMILES string of the molecule is CN1CCc2nc(C(=O)N[C@@H]3COC(=O)CC3NC(=O)c3cc4cc(Cl)ccc4[nH]3)sc2C1. The molecule has 0 saturated carbocycles. The predicted molar refractivity (Wildman–Crippen MR) is 124 cm³/mol. The van der Waals surface area contributed by atoms with E-state index in [2.05, 4.69) is 25.5 Å². The molecule has 172 valence electrons. The lowest BCUT2D eigenvalue weighted by Gasteiger charge is -2.31. The van der Waals surface area contributed by atoms with Gasteiger partial charge in [-0.25, -0.2) is 4.98 Å². The number of rotatable bonds is 4. The number of nitrogens with zero attached hydrogens (tertiary/aromatic N) is 2. The molecule has 11 heteroatoms. The molecule has 1 unspecified atom stereocenters. The monoisotopic (exact) mass is 487 g/mol. The molecule has 1 saturated heterocycles. The Hall–Kier alpha value is -2.95. The first-order valence-corrected chi connectivity index (χ1v) is 11.8. The second-order valence-electron chi connectivity index (χ2n) is 8.34. The van der Waals surface area contributed by atoms with Crippen LogP contribution in [-0.2, 0) is 22.5 Å². The number of likely N-dealkylation sites (N-methyl/N-ethyl adjacent to an activating group) is 1. The zero-order valence-electron chi connectivity index (χ0n) is 17.8. The third kappa shape index (κ3) is 4.59. The van der Waals surface area contributed by atoms with Crippen LogP contribution in [0.3, 0.4) is 0 Å². The number of hydrogen-bond acceptors (Lipinski definition) is 7. The lowest BCUT2D eigenvalue weighted by atomic mass is 10.0. The van der Waals surface area contributed by atoms with Crippen LogP contribution < -0.4 is 10.6 Å². The standard InChI is InChI=1S/C22H22ClN5O4S/c1-28-5-4-14-18(9-28)33-22(27-14)21(31)26-17-10-32-19(29)8-15(17)25-20(30)16-7-11-6-12(23)2-3-13(11)24-16/h2-3,6-7,15,17,24H,4-5,8-10H2,1H3,(H,25,30)(H,26,31)/t15?,17-/m1/s1. The number of H-pyrrole nitrogens is 1. The highest BCUT2D eigenvalue weighted by Gasteiger charge is 2.34. The van der Waals surface area contributed by atoms with Crippen molar-refractivity contribution in [3.05, 3.63) is 50.6 Å². The summed E-state index contributed by atoms with van der Waals surface area (Å²) in [6.45, 7) is 1.66. The van der Waals surface area contributed by atoms with E-state index in [4.69, 9.17) is 16.3 Å². The van der Waals surface area contributed by atoms with Gasteiger partial charge >= 0.3 is 5.97 Å². The maximum absolute atomic E-state index is 12.9. The number of carbonyl (C=O) groups is 3. The average molecular weight is 488 g/mol. The van der Waals surface area contributed by atoms with Crippen LogP contribution in [0.4, 0.5) is 0 Å². The van der Waals surface area contributed by atoms with Crippen LogP contribution >= 0.6 is 22.9 Å². The summed E-state index contributed by atoms with van der Waals surface area (Å²) >= 11 is 7.40. The minimum atomic E-state index is -0.613. The first kappa shape index (κ1) is 21.9. The molecule has 5 rings (SSSR count). The van der Waals surface area contributed by atoms with Crippen LogP contribution in [0.5, 0.6) is 0 Å². The highest BCUT2D eigenvalue weighted by atomic mass is 35.5. The minimum Gasteiger partial charge on any atom is -0.463 e. The van der Waals surface area contributed by atoms with Gasteiger partial charge in [0.05, 0.1) is 24.2 Å². The topological polar surface area (TPSA) is 116 Å². The van der Waals surface area contributed by atoms with E-state index in [-0.39, 0.29) is 24.8 Å². The molecule has 3 N–H and O–H groups in total. The molecule has 9 nitrogen and oxygen atoms in total. The van der Waals surface area contributed by atoms with Crippen molar-refractivity contribution in [2.45, 2.75) is 31.5 Å². The van der Waals surface area contributed by atoms with Gasteiger partial charge in [-0.3, -0.25) is 14.4 Å². The summed E-state index contributed by atoms with van der Waals surface area (Å²) in [5.41, 5.74) is 2.07. The van der Waals surface area contributed by atoms with Crippen molar-refractivity contribution in [3.63, 3.8) is 0 Å². The molecule has 0 aliphatic carbocycles. The number of esters is 1. The fourth-order valence-electron chi connectivity index (χ4n) is 4.10. The number of thiazole rings is 1. The summed E-state index contributed by atoms with van der Waals surface area (Å²) in [4.78, 5) is 48.5. The Kier molecular flexibility index (Phi) is 5.81. The van der Waals surface area contributed by atoms with Gasteiger partial charge in [0, 0.05) is 40.3 Å². The van der Waals surface area contributed by atoms with Gasteiger partial charge in [0.1, 0.15) is 12.3 Å². The number of fused-ring (bicyclic) bond motifs is 2. The number of halogens is 1. The summed E-state index contributed by atoms with van der Waals surface area (Å²) < 4.78 is 5.15. The number of ether oxygens (including phenoxy) is 1. The van der Waals surface area contributed by atoms with Crippen LogP contribution in [-0.4, -0.2) is 64.9 Å². The summed E-state index contributed by atoms with van der Waals surface area (Å²) in [6.07, 6.45) is 0.771. The van der Waals surface area contributed by atoms with Gasteiger partial charge < -0.3 is 25.3 Å². The molecule has 2 aromatic heterocycles. The molecule has 4 heterocycles. The van der Waals surface area contributed by atoms with Gasteiger partial charge in [0.15, 0.2) is 5.01 Å². The molecule has 1 fully saturated rings. The normalized spacial score (nSPS) is 20.8. The van der Waals surface area contributed by atoms with E-state index in [1.165, 1.54) is 11.3 Å². The van der Waals surface area contributed by atoms with Crippen LogP contribution in [0.15, 0.2) is 24.3 Å². The predicted octanol–water partition coefficient (Wildman–Crippen LogP) is 2.11. The summed E-state index contributed by atoms with van der Waals surface area (Å²) in [6, 6.07) is 5.80. The maximum atomic E-state index is 12.9. The number of aromatic amines is 1. The molecule has 2 amide bonds. The van der Waals surface area contributed by atoms with Crippen molar-refractivity contribution < 1.29 is 19.1 Å². The van der Waals surface area contributed by atoms with Crippen molar-refractivity contribution in [3.8, 4) is 0 Å². The average Bonchev–Trinajstić information content (AvgIpc) is 3.39. The lowest BCUT2D eigenvalue weighted by molar-refractivity contribution is -0.149. The third-order valence-electron chi connectivity index (χ3n) is 5.87. The van der Waals surface area contributed by atoms with Gasteiger partial charge in [-0.05, 0) is 31.3 Å². The van der Waals surface area contributed by atoms with Gasteiger partial charge in [-0.15, -0.1) is 11.3 Å². The molecular weight excluding hydrogens is 466 g/mol. The largest absolute Gasteiger partial charge is 0.463 e. The summed E-state index contributed by atoms with van der Waals surface area (Å²) in [5, 5.41) is 7.51. The number of cyclic esters (lactones) is 1. The van der Waals surface area contributed by atoms with Crippen LogP contribution in [0.1, 0.15) is 37.3 Å². The fraction of sp³-hybridized carbons (Fsp3) is 0.364. The number of benzene rings is 1. The number of hydrogen-bond donors (Lipinski definition) is 3. The van der Waals surface area contributed by atoms with E-state index in [0.29, 0.717) is 15.7 Å². The quantitative estimate of drug-likeness (QED) is 0.485. The molecule has 33 heavy (non-hydrogen) atoms. The highest BCUT2D eigenvalue weighted by Crippen LogP contribution is 2.25. The van der Waals surface area contributed by atoms with Gasteiger partial charge in [-0.1, -0.05) is 11.6 Å². The van der Waals surface area contributed by atoms with E-state index >= 15 is 0 Å². The number of aromatic nitrogens is 2. The van der Waals surface area contributed by atoms with E-state index in [1.807, 2.05) is 7.05 Å². The van der Waals surface area contributed by atoms with E-state index in [9.17, 15) is 14.4 Å². The van der Waals surface area contributed by atoms with Crippen LogP contribution in [0, 0.1) is 0 Å². The highest BCUT2D eigenvalue weighted by molar-refractivity contribution is 7.13. The molecule has 0 spiro atoms. The van der Waals surface area contributed by atoms with Gasteiger partial charge in [0.2, 0.25) is 0 Å². The first-order valence-electron chi connectivity index (χ1n) is 10.6. The Labute approximate surface area is 198 Å². The van der Waals surface area contributed by atoms with E-state index in [1.54, 1.807) is 24.3 Å². The molecule has 0 bridgehead atoms. The smallest absolute Gasteiger partial charge is 0.308 e. The molecule has 1 aromatic carbocycles. The third-order valence-corrected chi connectivity index (χ3v) is 7.19. The first-order chi connectivity index (χ1) is 15.9. The van der Waals surface area contributed by atoms with Gasteiger partial charge in [0.25, 0.3) is 11.8 Å². The maximum Gasteiger partial charge on any atom is 0.308 e. The lowest BCUT2D eigenvalue weighted by Crippen LogP contribution is -2.57. The van der Waals surface area contributed by atoms with Crippen molar-refractivity contribution in [1.82, 2.24) is 25.5 Å². The minimum absolute atomic E-state index is 0.0222. The molecule has 2 aliphatic heterocycles. The van der Waals surface area contributed by atoms with Crippen molar-refractivity contribution >= 4 is 51.6 Å². The number of amides is 2. The number of nitrogens with one attached hydrogen (secondary N) is 3. The Balaban J connectivity index is 1.30. The fourth-order valence-corrected chi connectivity index (χ4v) is 5.37. The zero-order valence-corrected chi connectivity index (χ0v) is 19.4. The van der Waals surface area contributed by atoms with Gasteiger partial charge in [-0.2, -0.15) is 0 Å². The second kappa shape index (κ2) is 8.77. The van der Waals surface area contributed by atoms with Crippen molar-refractivity contribution in [1.29, 1.82) is 0 Å². The Morgan fingerprint density at radius 2 is 2.06 bits per heavy atom. The van der Waals surface area contributed by atoms with E-state index in [0.717, 1.165) is 41.0 Å². The van der Waals surface area contributed by atoms with Crippen LogP contribution in [0.25, 0.3) is 10.9 Å². The zero-order chi connectivity index (χ0) is 23.1. The Morgan fingerprint density at radius 3 is 2.91 bits per heavy atom. The molecule has 2 aliphatic rings. The molecular formula is C22H22ClN5O4S. The second-order valence-corrected chi connectivity index (χ2v) is 9.86. The van der Waals surface area contributed by atoms with Crippen LogP contribution in [0.2, 0.25) is 5.02 Å². The Morgan fingerprint density at radius 1 is 1.24 bits per heavy atom. The van der Waals surface area contributed by atoms with E-state index < -0.39 is 18.1 Å². The van der Waals surface area contributed by atoms with Crippen molar-refractivity contribution in [2.75, 3.05) is 20.2 Å². The Bertz CT molecular complexity index is 1250. The molecule has 0 radical (unpaired) electrons. The summed E-state index contributed by atoms with van der Waals surface area (Å²) in [7, 11) is 2.04. The molecule has 3 aromatic rings.